The topological polar surface area (TPSA) is 106 Å². The van der Waals surface area contributed by atoms with Crippen LogP contribution >= 0.6 is 22.6 Å². The van der Waals surface area contributed by atoms with Gasteiger partial charge in [-0.3, -0.25) is 4.79 Å². The fourth-order valence-electron chi connectivity index (χ4n) is 2.20. The van der Waals surface area contributed by atoms with Gasteiger partial charge in [0.1, 0.15) is 0 Å². The van der Waals surface area contributed by atoms with Crippen molar-refractivity contribution in [1.29, 1.82) is 0 Å². The molecule has 0 saturated carbocycles. The van der Waals surface area contributed by atoms with Crippen molar-refractivity contribution < 1.29 is 14.7 Å². The van der Waals surface area contributed by atoms with E-state index in [1.807, 2.05) is 22.6 Å². The molecule has 1 saturated heterocycles. The second kappa shape index (κ2) is 6.10. The van der Waals surface area contributed by atoms with Crippen molar-refractivity contribution in [2.75, 3.05) is 18.0 Å². The standard InChI is InChI=1S/C12H11IN4O3/c13-8-1-2-10(9(4-8)12(19)20)17-6-7(3-11(17)18)5-15-16-14/h1-2,4,7H,3,5-6H2,(H,19,20). The molecule has 0 aromatic heterocycles. The summed E-state index contributed by atoms with van der Waals surface area (Å²) in [7, 11) is 0. The molecule has 1 aromatic carbocycles. The maximum atomic E-state index is 12.0. The predicted molar refractivity (Wildman–Crippen MR) is 80.6 cm³/mol. The van der Waals surface area contributed by atoms with Gasteiger partial charge >= 0.3 is 5.97 Å². The molecule has 0 aliphatic carbocycles. The molecule has 1 heterocycles. The number of azide groups is 1. The highest BCUT2D eigenvalue weighted by molar-refractivity contribution is 14.1. The second-order valence-corrected chi connectivity index (χ2v) is 5.70. The average Bonchev–Trinajstić information content (AvgIpc) is 2.77. The van der Waals surface area contributed by atoms with Gasteiger partial charge in [-0.2, -0.15) is 0 Å². The van der Waals surface area contributed by atoms with Gasteiger partial charge < -0.3 is 10.0 Å². The van der Waals surface area contributed by atoms with Crippen molar-refractivity contribution in [3.8, 4) is 0 Å². The monoisotopic (exact) mass is 386 g/mol. The first-order valence-corrected chi connectivity index (χ1v) is 6.95. The molecule has 1 aromatic rings. The minimum Gasteiger partial charge on any atom is -0.478 e. The molecule has 2 rings (SSSR count). The third kappa shape index (κ3) is 3.02. The van der Waals surface area contributed by atoms with Crippen LogP contribution in [0, 0.1) is 9.49 Å². The number of nitrogens with zero attached hydrogens (tertiary/aromatic N) is 4. The fourth-order valence-corrected chi connectivity index (χ4v) is 2.69. The molecule has 0 spiro atoms. The van der Waals surface area contributed by atoms with Crippen molar-refractivity contribution in [1.82, 2.24) is 0 Å². The lowest BCUT2D eigenvalue weighted by Crippen LogP contribution is -2.26. The summed E-state index contributed by atoms with van der Waals surface area (Å²) in [5.74, 6) is -1.28. The van der Waals surface area contributed by atoms with Crippen LogP contribution in [0.2, 0.25) is 0 Å². The van der Waals surface area contributed by atoms with Gasteiger partial charge in [-0.1, -0.05) is 5.11 Å². The summed E-state index contributed by atoms with van der Waals surface area (Å²) in [5, 5.41) is 12.7. The van der Waals surface area contributed by atoms with Crippen molar-refractivity contribution in [2.24, 2.45) is 11.0 Å². The van der Waals surface area contributed by atoms with E-state index in [1.165, 1.54) is 11.0 Å². The van der Waals surface area contributed by atoms with Crippen LogP contribution in [0.1, 0.15) is 16.8 Å². The van der Waals surface area contributed by atoms with E-state index in [1.54, 1.807) is 12.1 Å². The Labute approximate surface area is 128 Å². The molecule has 1 aliphatic heterocycles. The number of aromatic carboxylic acids is 1. The van der Waals surface area contributed by atoms with Crippen molar-refractivity contribution in [3.63, 3.8) is 0 Å². The highest BCUT2D eigenvalue weighted by Crippen LogP contribution is 2.29. The van der Waals surface area contributed by atoms with Crippen LogP contribution in [0.4, 0.5) is 5.69 Å². The Balaban J connectivity index is 2.30. The molecule has 104 valence electrons. The van der Waals surface area contributed by atoms with Crippen LogP contribution < -0.4 is 4.90 Å². The summed E-state index contributed by atoms with van der Waals surface area (Å²) in [6.45, 7) is 0.615. The zero-order valence-corrected chi connectivity index (χ0v) is 12.5. The second-order valence-electron chi connectivity index (χ2n) is 4.45. The Morgan fingerprint density at radius 2 is 2.35 bits per heavy atom. The Hall–Kier alpha value is -1.80. The maximum Gasteiger partial charge on any atom is 0.337 e. The molecule has 0 radical (unpaired) electrons. The first kappa shape index (κ1) is 14.6. The fraction of sp³-hybridized carbons (Fsp3) is 0.333. The molecular weight excluding hydrogens is 375 g/mol. The normalized spacial score (nSPS) is 17.9. The molecule has 1 atom stereocenters. The first-order chi connectivity index (χ1) is 9.52. The summed E-state index contributed by atoms with van der Waals surface area (Å²) < 4.78 is 0.793. The molecule has 1 amide bonds. The van der Waals surface area contributed by atoms with Crippen LogP contribution in [-0.2, 0) is 4.79 Å². The van der Waals surface area contributed by atoms with Crippen molar-refractivity contribution in [2.45, 2.75) is 6.42 Å². The molecule has 1 unspecified atom stereocenters. The van der Waals surface area contributed by atoms with Gasteiger partial charge in [0.25, 0.3) is 0 Å². The highest BCUT2D eigenvalue weighted by Gasteiger charge is 2.32. The van der Waals surface area contributed by atoms with E-state index in [-0.39, 0.29) is 30.4 Å². The Morgan fingerprint density at radius 3 is 3.00 bits per heavy atom. The Bertz CT molecular complexity index is 613. The number of hydrogen-bond donors (Lipinski definition) is 1. The van der Waals surface area contributed by atoms with Crippen LogP contribution in [-0.4, -0.2) is 30.1 Å². The maximum absolute atomic E-state index is 12.0. The SMILES string of the molecule is [N-]=[N+]=NCC1CC(=O)N(c2ccc(I)cc2C(=O)O)C1. The first-order valence-electron chi connectivity index (χ1n) is 5.87. The van der Waals surface area contributed by atoms with E-state index in [9.17, 15) is 14.7 Å². The van der Waals surface area contributed by atoms with Crippen LogP contribution in [0.25, 0.3) is 10.4 Å². The molecule has 20 heavy (non-hydrogen) atoms. The van der Waals surface area contributed by atoms with Crippen LogP contribution in [0.3, 0.4) is 0 Å². The third-order valence-electron chi connectivity index (χ3n) is 3.09. The molecule has 1 fully saturated rings. The number of benzene rings is 1. The van der Waals surface area contributed by atoms with Crippen molar-refractivity contribution in [3.05, 3.63) is 37.8 Å². The Morgan fingerprint density at radius 1 is 1.60 bits per heavy atom. The van der Waals surface area contributed by atoms with Gasteiger partial charge in [-0.25, -0.2) is 4.79 Å². The van der Waals surface area contributed by atoms with E-state index >= 15 is 0 Å². The number of anilines is 1. The summed E-state index contributed by atoms with van der Waals surface area (Å²) in [6, 6.07) is 4.93. The van der Waals surface area contributed by atoms with Gasteiger partial charge in [0.05, 0.1) is 11.3 Å². The lowest BCUT2D eigenvalue weighted by Gasteiger charge is -2.19. The number of amides is 1. The summed E-state index contributed by atoms with van der Waals surface area (Å²) in [4.78, 5) is 27.4. The number of carbonyl (C=O) groups excluding carboxylic acids is 1. The molecule has 0 bridgehead atoms. The largest absolute Gasteiger partial charge is 0.478 e. The minimum absolute atomic E-state index is 0.0701. The lowest BCUT2D eigenvalue weighted by molar-refractivity contribution is -0.117. The highest BCUT2D eigenvalue weighted by atomic mass is 127. The number of carboxylic acids is 1. The number of hydrogen-bond acceptors (Lipinski definition) is 3. The van der Waals surface area contributed by atoms with Crippen LogP contribution in [0.5, 0.6) is 0 Å². The summed E-state index contributed by atoms with van der Waals surface area (Å²) >= 11 is 2.02. The van der Waals surface area contributed by atoms with E-state index in [2.05, 4.69) is 10.0 Å². The zero-order chi connectivity index (χ0) is 14.7. The average molecular weight is 386 g/mol. The van der Waals surface area contributed by atoms with Gasteiger partial charge in [-0.15, -0.1) is 0 Å². The minimum atomic E-state index is -1.06. The lowest BCUT2D eigenvalue weighted by atomic mass is 10.1. The smallest absolute Gasteiger partial charge is 0.337 e. The predicted octanol–water partition coefficient (Wildman–Crippen LogP) is 2.65. The van der Waals surface area contributed by atoms with E-state index in [4.69, 9.17) is 5.53 Å². The number of halogens is 1. The molecule has 1 aliphatic rings. The van der Waals surface area contributed by atoms with Crippen molar-refractivity contribution >= 4 is 40.2 Å². The van der Waals surface area contributed by atoms with Crippen LogP contribution in [0.15, 0.2) is 23.3 Å². The summed E-state index contributed by atoms with van der Waals surface area (Å²) in [5.41, 5.74) is 8.81. The quantitative estimate of drug-likeness (QED) is 0.372. The van der Waals surface area contributed by atoms with Gasteiger partial charge in [0.15, 0.2) is 0 Å². The van der Waals surface area contributed by atoms with E-state index < -0.39 is 5.97 Å². The summed E-state index contributed by atoms with van der Waals surface area (Å²) in [6.07, 6.45) is 0.268. The molecular formula is C12H11IN4O3. The number of carbonyl (C=O) groups is 2. The van der Waals surface area contributed by atoms with E-state index in [0.717, 1.165) is 3.57 Å². The van der Waals surface area contributed by atoms with Gasteiger partial charge in [0.2, 0.25) is 5.91 Å². The van der Waals surface area contributed by atoms with Gasteiger partial charge in [-0.05, 0) is 52.2 Å². The molecule has 1 N–H and O–H groups in total. The Kier molecular flexibility index (Phi) is 4.46. The number of carboxylic acid groups (broad SMARTS) is 1. The van der Waals surface area contributed by atoms with E-state index in [0.29, 0.717) is 12.2 Å². The third-order valence-corrected chi connectivity index (χ3v) is 3.76. The molecule has 8 heteroatoms. The number of rotatable bonds is 4. The molecule has 7 nitrogen and oxygen atoms in total. The zero-order valence-electron chi connectivity index (χ0n) is 10.4. The van der Waals surface area contributed by atoms with Gasteiger partial charge in [0, 0.05) is 28.0 Å².